The number of carboxylic acid groups (broad SMARTS) is 1. The standard InChI is InChI=1S/C17H12N2O2/c20-17(21)16-15(13-9-5-2-6-10-13)19-14(11-18-16)12-7-3-1-4-8-12/h1-11H,(H,20,21). The van der Waals surface area contributed by atoms with E-state index in [2.05, 4.69) is 9.97 Å². The molecular weight excluding hydrogens is 264 g/mol. The van der Waals surface area contributed by atoms with Crippen molar-refractivity contribution >= 4 is 5.97 Å². The fourth-order valence-electron chi connectivity index (χ4n) is 2.09. The zero-order valence-corrected chi connectivity index (χ0v) is 11.1. The maximum Gasteiger partial charge on any atom is 0.356 e. The molecule has 102 valence electrons. The quantitative estimate of drug-likeness (QED) is 0.795. The fourth-order valence-corrected chi connectivity index (χ4v) is 2.09. The molecule has 0 aliphatic rings. The van der Waals surface area contributed by atoms with E-state index >= 15 is 0 Å². The zero-order valence-electron chi connectivity index (χ0n) is 11.1. The lowest BCUT2D eigenvalue weighted by atomic mass is 10.1. The maximum absolute atomic E-state index is 11.3. The van der Waals surface area contributed by atoms with Crippen molar-refractivity contribution in [2.24, 2.45) is 0 Å². The van der Waals surface area contributed by atoms with Crippen molar-refractivity contribution in [3.05, 3.63) is 72.6 Å². The highest BCUT2D eigenvalue weighted by Crippen LogP contribution is 2.24. The van der Waals surface area contributed by atoms with Gasteiger partial charge in [0.05, 0.1) is 11.9 Å². The Balaban J connectivity index is 2.18. The van der Waals surface area contributed by atoms with Crippen molar-refractivity contribution in [2.75, 3.05) is 0 Å². The third kappa shape index (κ3) is 2.65. The van der Waals surface area contributed by atoms with Gasteiger partial charge in [0.1, 0.15) is 5.69 Å². The van der Waals surface area contributed by atoms with Gasteiger partial charge in [0.15, 0.2) is 5.69 Å². The number of carbonyl (C=O) groups is 1. The maximum atomic E-state index is 11.3. The van der Waals surface area contributed by atoms with Crippen LogP contribution in [0.4, 0.5) is 0 Å². The van der Waals surface area contributed by atoms with Gasteiger partial charge in [-0.05, 0) is 0 Å². The molecule has 0 saturated heterocycles. The molecule has 1 aromatic heterocycles. The predicted octanol–water partition coefficient (Wildman–Crippen LogP) is 3.51. The van der Waals surface area contributed by atoms with Crippen LogP contribution >= 0.6 is 0 Å². The first-order chi connectivity index (χ1) is 10.3. The van der Waals surface area contributed by atoms with Gasteiger partial charge in [-0.1, -0.05) is 60.7 Å². The third-order valence-corrected chi connectivity index (χ3v) is 3.09. The molecule has 0 unspecified atom stereocenters. The normalized spacial score (nSPS) is 10.3. The Hall–Kier alpha value is -3.01. The van der Waals surface area contributed by atoms with E-state index < -0.39 is 5.97 Å². The number of hydrogen-bond donors (Lipinski definition) is 1. The highest BCUT2D eigenvalue weighted by molar-refractivity contribution is 5.93. The highest BCUT2D eigenvalue weighted by atomic mass is 16.4. The number of aromatic carboxylic acids is 1. The second-order valence-corrected chi connectivity index (χ2v) is 4.49. The van der Waals surface area contributed by atoms with E-state index in [9.17, 15) is 9.90 Å². The van der Waals surface area contributed by atoms with Gasteiger partial charge in [-0.3, -0.25) is 0 Å². The molecule has 0 atom stereocenters. The molecule has 3 rings (SSSR count). The van der Waals surface area contributed by atoms with Crippen LogP contribution in [0.5, 0.6) is 0 Å². The molecular formula is C17H12N2O2. The van der Waals surface area contributed by atoms with Crippen molar-refractivity contribution in [2.45, 2.75) is 0 Å². The van der Waals surface area contributed by atoms with Crippen molar-refractivity contribution in [1.29, 1.82) is 0 Å². The van der Waals surface area contributed by atoms with Gasteiger partial charge >= 0.3 is 5.97 Å². The SMILES string of the molecule is O=C(O)c1ncc(-c2ccccc2)nc1-c1ccccc1. The molecule has 4 heteroatoms. The first kappa shape index (κ1) is 13.0. The summed E-state index contributed by atoms with van der Waals surface area (Å²) in [4.78, 5) is 19.9. The largest absolute Gasteiger partial charge is 0.476 e. The van der Waals surface area contributed by atoms with Crippen LogP contribution in [0.25, 0.3) is 22.5 Å². The second kappa shape index (κ2) is 5.54. The van der Waals surface area contributed by atoms with E-state index in [0.29, 0.717) is 11.4 Å². The van der Waals surface area contributed by atoms with Gasteiger partial charge < -0.3 is 5.11 Å². The van der Waals surface area contributed by atoms with Crippen LogP contribution in [0.2, 0.25) is 0 Å². The minimum Gasteiger partial charge on any atom is -0.476 e. The van der Waals surface area contributed by atoms with Crippen LogP contribution in [-0.2, 0) is 0 Å². The first-order valence-electron chi connectivity index (χ1n) is 6.47. The molecule has 1 N–H and O–H groups in total. The Morgan fingerprint density at radius 1 is 0.857 bits per heavy atom. The molecule has 0 bridgehead atoms. The summed E-state index contributed by atoms with van der Waals surface area (Å²) < 4.78 is 0. The fraction of sp³-hybridized carbons (Fsp3) is 0. The molecule has 0 saturated carbocycles. The molecule has 2 aromatic carbocycles. The summed E-state index contributed by atoms with van der Waals surface area (Å²) in [5, 5.41) is 9.29. The number of rotatable bonds is 3. The lowest BCUT2D eigenvalue weighted by Gasteiger charge is -2.07. The summed E-state index contributed by atoms with van der Waals surface area (Å²) in [5.41, 5.74) is 2.63. The van der Waals surface area contributed by atoms with Crippen molar-refractivity contribution in [3.63, 3.8) is 0 Å². The number of aromatic nitrogens is 2. The Morgan fingerprint density at radius 3 is 2.00 bits per heavy atom. The molecule has 3 aromatic rings. The van der Waals surface area contributed by atoms with Gasteiger partial charge in [-0.2, -0.15) is 0 Å². The van der Waals surface area contributed by atoms with Crippen molar-refractivity contribution < 1.29 is 9.90 Å². The molecule has 0 aliphatic heterocycles. The van der Waals surface area contributed by atoms with Crippen molar-refractivity contribution in [1.82, 2.24) is 9.97 Å². The molecule has 0 fully saturated rings. The van der Waals surface area contributed by atoms with Gasteiger partial charge in [0, 0.05) is 11.1 Å². The van der Waals surface area contributed by atoms with E-state index in [0.717, 1.165) is 11.1 Å². The molecule has 0 radical (unpaired) electrons. The van der Waals surface area contributed by atoms with Gasteiger partial charge in [-0.25, -0.2) is 14.8 Å². The van der Waals surface area contributed by atoms with E-state index in [-0.39, 0.29) is 5.69 Å². The van der Waals surface area contributed by atoms with E-state index in [1.165, 1.54) is 6.20 Å². The van der Waals surface area contributed by atoms with E-state index in [1.54, 1.807) is 0 Å². The Bertz CT molecular complexity index is 771. The topological polar surface area (TPSA) is 63.1 Å². The number of benzene rings is 2. The minimum atomic E-state index is -1.08. The Morgan fingerprint density at radius 2 is 1.43 bits per heavy atom. The number of carboxylic acids is 1. The summed E-state index contributed by atoms with van der Waals surface area (Å²) in [6.45, 7) is 0. The Kier molecular flexibility index (Phi) is 3.43. The molecule has 4 nitrogen and oxygen atoms in total. The van der Waals surface area contributed by atoms with Gasteiger partial charge in [0.25, 0.3) is 0 Å². The molecule has 0 amide bonds. The summed E-state index contributed by atoms with van der Waals surface area (Å²) >= 11 is 0. The zero-order chi connectivity index (χ0) is 14.7. The summed E-state index contributed by atoms with van der Waals surface area (Å²) in [6, 6.07) is 18.8. The van der Waals surface area contributed by atoms with Crippen LogP contribution < -0.4 is 0 Å². The van der Waals surface area contributed by atoms with Crippen LogP contribution in [0.15, 0.2) is 66.9 Å². The van der Waals surface area contributed by atoms with E-state index in [1.807, 2.05) is 60.7 Å². The Labute approximate surface area is 121 Å². The minimum absolute atomic E-state index is 0.0409. The van der Waals surface area contributed by atoms with E-state index in [4.69, 9.17) is 0 Å². The van der Waals surface area contributed by atoms with Crippen LogP contribution in [0.3, 0.4) is 0 Å². The first-order valence-corrected chi connectivity index (χ1v) is 6.47. The van der Waals surface area contributed by atoms with Crippen LogP contribution in [-0.4, -0.2) is 21.0 Å². The summed E-state index contributed by atoms with van der Waals surface area (Å²) in [5.74, 6) is -1.08. The lowest BCUT2D eigenvalue weighted by Crippen LogP contribution is -2.06. The lowest BCUT2D eigenvalue weighted by molar-refractivity contribution is 0.0691. The molecule has 1 heterocycles. The third-order valence-electron chi connectivity index (χ3n) is 3.09. The van der Waals surface area contributed by atoms with Crippen molar-refractivity contribution in [3.8, 4) is 22.5 Å². The number of nitrogens with zero attached hydrogens (tertiary/aromatic N) is 2. The highest BCUT2D eigenvalue weighted by Gasteiger charge is 2.16. The average molecular weight is 276 g/mol. The monoisotopic (exact) mass is 276 g/mol. The molecule has 21 heavy (non-hydrogen) atoms. The summed E-state index contributed by atoms with van der Waals surface area (Å²) in [7, 11) is 0. The second-order valence-electron chi connectivity index (χ2n) is 4.49. The van der Waals surface area contributed by atoms with Crippen LogP contribution in [0, 0.1) is 0 Å². The number of hydrogen-bond acceptors (Lipinski definition) is 3. The average Bonchev–Trinajstić information content (AvgIpc) is 2.56. The molecule has 0 spiro atoms. The smallest absolute Gasteiger partial charge is 0.356 e. The summed E-state index contributed by atoms with van der Waals surface area (Å²) in [6.07, 6.45) is 1.49. The van der Waals surface area contributed by atoms with Crippen LogP contribution in [0.1, 0.15) is 10.5 Å². The molecule has 0 aliphatic carbocycles. The predicted molar refractivity (Wildman–Crippen MR) is 79.9 cm³/mol. The van der Waals surface area contributed by atoms with Gasteiger partial charge in [-0.15, -0.1) is 0 Å². The van der Waals surface area contributed by atoms with Gasteiger partial charge in [0.2, 0.25) is 0 Å².